The van der Waals surface area contributed by atoms with Crippen LogP contribution in [0.4, 0.5) is 25.0 Å². The first-order chi connectivity index (χ1) is 16.5. The average Bonchev–Trinajstić information content (AvgIpc) is 3.26. The summed E-state index contributed by atoms with van der Waals surface area (Å²) in [6, 6.07) is 9.73. The molecule has 8 nitrogen and oxygen atoms in total. The lowest BCUT2D eigenvalue weighted by Gasteiger charge is -2.36. The Labute approximate surface area is 198 Å². The summed E-state index contributed by atoms with van der Waals surface area (Å²) in [5.74, 6) is -0.945. The molecule has 0 spiro atoms. The van der Waals surface area contributed by atoms with Crippen LogP contribution in [0.5, 0.6) is 11.6 Å². The van der Waals surface area contributed by atoms with E-state index in [-0.39, 0.29) is 11.5 Å². The van der Waals surface area contributed by atoms with E-state index in [2.05, 4.69) is 25.2 Å². The molecule has 3 heterocycles. The van der Waals surface area contributed by atoms with Gasteiger partial charge in [-0.3, -0.25) is 0 Å². The molecular weight excluding hydrogens is 466 g/mol. The zero-order valence-electron chi connectivity index (χ0n) is 17.8. The van der Waals surface area contributed by atoms with E-state index in [1.165, 1.54) is 24.7 Å². The van der Waals surface area contributed by atoms with Gasteiger partial charge in [-0.15, -0.1) is 0 Å². The van der Waals surface area contributed by atoms with Crippen LogP contribution in [0.2, 0.25) is 5.15 Å². The van der Waals surface area contributed by atoms with Crippen LogP contribution in [-0.2, 0) is 0 Å². The molecule has 2 amide bonds. The fraction of sp³-hybridized carbons (Fsp3) is 0.174. The van der Waals surface area contributed by atoms with Crippen LogP contribution in [0.3, 0.4) is 0 Å². The predicted molar refractivity (Wildman–Crippen MR) is 125 cm³/mol. The van der Waals surface area contributed by atoms with Crippen molar-refractivity contribution in [1.82, 2.24) is 19.9 Å². The molecule has 5 rings (SSSR count). The minimum atomic E-state index is -0.968. The van der Waals surface area contributed by atoms with Crippen molar-refractivity contribution in [1.29, 1.82) is 0 Å². The lowest BCUT2D eigenvalue weighted by molar-refractivity contribution is 0.208. The van der Waals surface area contributed by atoms with Gasteiger partial charge in [0.2, 0.25) is 5.88 Å². The van der Waals surface area contributed by atoms with Gasteiger partial charge in [-0.1, -0.05) is 11.6 Å². The molecular formula is C23H19ClF2N6O2. The van der Waals surface area contributed by atoms with E-state index in [1.807, 2.05) is 24.3 Å². The lowest BCUT2D eigenvalue weighted by Crippen LogP contribution is -2.50. The molecule has 2 N–H and O–H groups in total. The van der Waals surface area contributed by atoms with Crippen molar-refractivity contribution in [2.24, 2.45) is 0 Å². The average molecular weight is 485 g/mol. The first-order valence-corrected chi connectivity index (χ1v) is 10.9. The second kappa shape index (κ2) is 9.14. The molecule has 2 aromatic heterocycles. The number of urea groups is 1. The first kappa shape index (κ1) is 21.9. The van der Waals surface area contributed by atoms with Gasteiger partial charge in [0.25, 0.3) is 0 Å². The Morgan fingerprint density at radius 2 is 1.79 bits per heavy atom. The maximum Gasteiger partial charge on any atom is 0.322 e. The van der Waals surface area contributed by atoms with E-state index < -0.39 is 11.6 Å². The topological polar surface area (TPSA) is 86.4 Å². The zero-order valence-corrected chi connectivity index (χ0v) is 18.5. The van der Waals surface area contributed by atoms with Gasteiger partial charge in [-0.25, -0.2) is 23.5 Å². The number of aromatic amines is 1. The second-order valence-electron chi connectivity index (χ2n) is 7.66. The Morgan fingerprint density at radius 1 is 1.03 bits per heavy atom. The summed E-state index contributed by atoms with van der Waals surface area (Å²) in [7, 11) is 0. The zero-order chi connectivity index (χ0) is 23.7. The number of nitrogens with one attached hydrogen (secondary N) is 2. The van der Waals surface area contributed by atoms with Crippen molar-refractivity contribution in [3.63, 3.8) is 0 Å². The third-order valence-corrected chi connectivity index (χ3v) is 5.77. The van der Waals surface area contributed by atoms with Crippen LogP contribution in [0.25, 0.3) is 10.9 Å². The quantitative estimate of drug-likeness (QED) is 0.424. The molecule has 0 atom stereocenters. The molecule has 0 saturated carbocycles. The fourth-order valence-corrected chi connectivity index (χ4v) is 3.90. The SMILES string of the molecule is O=C(Nc1c[nH]c2c(F)c(F)ccc12)N1CCN(c2ccc(Oc3cnc(Cl)cn3)cc2)CC1. The number of rotatable bonds is 4. The van der Waals surface area contributed by atoms with E-state index in [1.54, 1.807) is 4.90 Å². The predicted octanol–water partition coefficient (Wildman–Crippen LogP) is 5.04. The molecule has 0 unspecified atom stereocenters. The Kier molecular flexibility index (Phi) is 5.89. The summed E-state index contributed by atoms with van der Waals surface area (Å²) in [5, 5.41) is 3.49. The van der Waals surface area contributed by atoms with Crippen molar-refractivity contribution in [2.45, 2.75) is 0 Å². The van der Waals surface area contributed by atoms with Crippen LogP contribution < -0.4 is 15.0 Å². The van der Waals surface area contributed by atoms with E-state index in [0.717, 1.165) is 11.8 Å². The van der Waals surface area contributed by atoms with Gasteiger partial charge in [0.05, 0.1) is 23.6 Å². The molecule has 11 heteroatoms. The highest BCUT2D eigenvalue weighted by molar-refractivity contribution is 6.29. The molecule has 2 aromatic carbocycles. The third-order valence-electron chi connectivity index (χ3n) is 5.58. The van der Waals surface area contributed by atoms with Crippen molar-refractivity contribution < 1.29 is 18.3 Å². The van der Waals surface area contributed by atoms with Gasteiger partial charge in [-0.05, 0) is 36.4 Å². The highest BCUT2D eigenvalue weighted by atomic mass is 35.5. The summed E-state index contributed by atoms with van der Waals surface area (Å²) in [5.41, 5.74) is 1.43. The number of benzene rings is 2. The van der Waals surface area contributed by atoms with Crippen LogP contribution in [0.1, 0.15) is 0 Å². The maximum atomic E-state index is 13.9. The summed E-state index contributed by atoms with van der Waals surface area (Å²) in [4.78, 5) is 27.2. The van der Waals surface area contributed by atoms with E-state index in [4.69, 9.17) is 16.3 Å². The number of nitrogens with zero attached hydrogens (tertiary/aromatic N) is 4. The molecule has 1 aliphatic heterocycles. The van der Waals surface area contributed by atoms with Gasteiger partial charge >= 0.3 is 6.03 Å². The van der Waals surface area contributed by atoms with Crippen LogP contribution >= 0.6 is 11.6 Å². The number of fused-ring (bicyclic) bond motifs is 1. The number of carbonyl (C=O) groups excluding carboxylic acids is 1. The van der Waals surface area contributed by atoms with Gasteiger partial charge in [-0.2, -0.15) is 0 Å². The smallest absolute Gasteiger partial charge is 0.322 e. The second-order valence-corrected chi connectivity index (χ2v) is 8.05. The molecule has 0 radical (unpaired) electrons. The number of carbonyl (C=O) groups is 1. The number of hydrogen-bond acceptors (Lipinski definition) is 5. The number of H-pyrrole nitrogens is 1. The summed E-state index contributed by atoms with van der Waals surface area (Å²) in [6.07, 6.45) is 4.32. The lowest BCUT2D eigenvalue weighted by atomic mass is 10.2. The molecule has 1 saturated heterocycles. The molecule has 1 fully saturated rings. The highest BCUT2D eigenvalue weighted by Gasteiger charge is 2.22. The minimum absolute atomic E-state index is 0.0238. The Morgan fingerprint density at radius 3 is 2.50 bits per heavy atom. The maximum absolute atomic E-state index is 13.9. The Bertz CT molecular complexity index is 1320. The van der Waals surface area contributed by atoms with E-state index >= 15 is 0 Å². The number of aromatic nitrogens is 3. The number of hydrogen-bond donors (Lipinski definition) is 2. The van der Waals surface area contributed by atoms with Gasteiger partial charge in [0.15, 0.2) is 11.6 Å². The number of anilines is 2. The van der Waals surface area contributed by atoms with Crippen molar-refractivity contribution in [2.75, 3.05) is 36.4 Å². The Hall–Kier alpha value is -3.92. The van der Waals surface area contributed by atoms with Crippen LogP contribution in [-0.4, -0.2) is 52.1 Å². The monoisotopic (exact) mass is 484 g/mol. The van der Waals surface area contributed by atoms with E-state index in [9.17, 15) is 13.6 Å². The molecule has 174 valence electrons. The largest absolute Gasteiger partial charge is 0.438 e. The number of amides is 2. The highest BCUT2D eigenvalue weighted by Crippen LogP contribution is 2.27. The van der Waals surface area contributed by atoms with E-state index in [0.29, 0.717) is 54.0 Å². The summed E-state index contributed by atoms with van der Waals surface area (Å²) >= 11 is 5.73. The summed E-state index contributed by atoms with van der Waals surface area (Å²) in [6.45, 7) is 2.31. The third kappa shape index (κ3) is 4.44. The van der Waals surface area contributed by atoms with Crippen molar-refractivity contribution in [3.8, 4) is 11.6 Å². The molecule has 1 aliphatic rings. The standard InChI is InChI=1S/C23H19ClF2N6O2/c24-19-12-28-20(13-27-19)34-15-3-1-14(2-4-15)31-7-9-32(10-8-31)23(33)30-18-11-29-22-16(18)5-6-17(25)21(22)26/h1-6,11-13,29H,7-10H2,(H,30,33). The van der Waals surface area contributed by atoms with Crippen molar-refractivity contribution in [3.05, 3.63) is 71.8 Å². The fourth-order valence-electron chi connectivity index (χ4n) is 3.80. The molecule has 0 aliphatic carbocycles. The Balaban J connectivity index is 1.17. The first-order valence-electron chi connectivity index (χ1n) is 10.5. The van der Waals surface area contributed by atoms with Crippen LogP contribution in [0, 0.1) is 11.6 Å². The molecule has 0 bridgehead atoms. The van der Waals surface area contributed by atoms with Gasteiger partial charge in [0, 0.05) is 43.4 Å². The van der Waals surface area contributed by atoms with Gasteiger partial charge < -0.3 is 24.8 Å². The normalized spacial score (nSPS) is 13.9. The van der Waals surface area contributed by atoms with Crippen molar-refractivity contribution >= 4 is 39.9 Å². The van der Waals surface area contributed by atoms with Gasteiger partial charge in [0.1, 0.15) is 10.9 Å². The summed E-state index contributed by atoms with van der Waals surface area (Å²) < 4.78 is 33.0. The van der Waals surface area contributed by atoms with Crippen LogP contribution in [0.15, 0.2) is 55.0 Å². The molecule has 4 aromatic rings. The molecule has 34 heavy (non-hydrogen) atoms. The number of piperazine rings is 1. The number of halogens is 3. The minimum Gasteiger partial charge on any atom is -0.438 e. The number of ether oxygens (including phenoxy) is 1.